The number of carbonyl (C=O) groups is 2. The van der Waals surface area contributed by atoms with Gasteiger partial charge in [0.25, 0.3) is 0 Å². The van der Waals surface area contributed by atoms with Crippen molar-refractivity contribution in [3.8, 4) is 0 Å². The molecule has 0 bridgehead atoms. The van der Waals surface area contributed by atoms with Crippen LogP contribution >= 0.6 is 0 Å². The monoisotopic (exact) mass is 397 g/mol. The van der Waals surface area contributed by atoms with Crippen LogP contribution in [0.25, 0.3) is 0 Å². The Balaban J connectivity index is 1.69. The number of hydrogen-bond donors (Lipinski definition) is 3. The summed E-state index contributed by atoms with van der Waals surface area (Å²) in [4.78, 5) is 30.1. The SMILES string of the molecule is CCN(CC)c1ccc(NC(=O)NCCC(=O)NC2CCS(=O)(=O)C2)cn1. The lowest BCUT2D eigenvalue weighted by Crippen LogP contribution is -2.38. The van der Waals surface area contributed by atoms with Crippen LogP contribution in [0, 0.1) is 0 Å². The number of pyridine rings is 1. The van der Waals surface area contributed by atoms with E-state index in [4.69, 9.17) is 0 Å². The molecule has 1 aliphatic heterocycles. The number of nitrogens with one attached hydrogen (secondary N) is 3. The lowest BCUT2D eigenvalue weighted by atomic mass is 10.2. The van der Waals surface area contributed by atoms with Crippen LogP contribution in [0.5, 0.6) is 0 Å². The van der Waals surface area contributed by atoms with E-state index < -0.39 is 15.9 Å². The van der Waals surface area contributed by atoms with Crippen molar-refractivity contribution in [2.24, 2.45) is 0 Å². The van der Waals surface area contributed by atoms with Crippen LogP contribution in [0.3, 0.4) is 0 Å². The maximum absolute atomic E-state index is 11.9. The Hall–Kier alpha value is -2.36. The molecule has 1 fully saturated rings. The molecule has 1 saturated heterocycles. The van der Waals surface area contributed by atoms with Gasteiger partial charge in [0.1, 0.15) is 5.82 Å². The number of nitrogens with zero attached hydrogens (tertiary/aromatic N) is 2. The van der Waals surface area contributed by atoms with E-state index in [2.05, 4.69) is 25.8 Å². The second-order valence-corrected chi connectivity index (χ2v) is 8.60. The molecular formula is C17H27N5O4S. The number of sulfone groups is 1. The fraction of sp³-hybridized carbons (Fsp3) is 0.588. The van der Waals surface area contributed by atoms with Crippen molar-refractivity contribution in [3.05, 3.63) is 18.3 Å². The van der Waals surface area contributed by atoms with Gasteiger partial charge in [-0.25, -0.2) is 18.2 Å². The van der Waals surface area contributed by atoms with E-state index in [-0.39, 0.29) is 36.4 Å². The number of amides is 3. The molecule has 1 aromatic rings. The third kappa shape index (κ3) is 6.70. The summed E-state index contributed by atoms with van der Waals surface area (Å²) >= 11 is 0. The van der Waals surface area contributed by atoms with Crippen molar-refractivity contribution in [3.63, 3.8) is 0 Å². The second-order valence-electron chi connectivity index (χ2n) is 6.38. The Kier molecular flexibility index (Phi) is 7.40. The zero-order valence-electron chi connectivity index (χ0n) is 15.7. The van der Waals surface area contributed by atoms with E-state index in [1.165, 1.54) is 0 Å². The van der Waals surface area contributed by atoms with Crippen LogP contribution in [-0.2, 0) is 14.6 Å². The predicted molar refractivity (Wildman–Crippen MR) is 105 cm³/mol. The number of rotatable bonds is 8. The molecule has 3 amide bonds. The molecule has 9 nitrogen and oxygen atoms in total. The van der Waals surface area contributed by atoms with Crippen molar-refractivity contribution in [2.75, 3.05) is 41.4 Å². The van der Waals surface area contributed by atoms with E-state index in [0.29, 0.717) is 12.1 Å². The molecule has 0 radical (unpaired) electrons. The van der Waals surface area contributed by atoms with Gasteiger partial charge in [0, 0.05) is 32.1 Å². The molecule has 1 aliphatic rings. The third-order valence-electron chi connectivity index (χ3n) is 4.33. The summed E-state index contributed by atoms with van der Waals surface area (Å²) in [5.41, 5.74) is 0.559. The van der Waals surface area contributed by atoms with Gasteiger partial charge in [-0.3, -0.25) is 4.79 Å². The van der Waals surface area contributed by atoms with E-state index >= 15 is 0 Å². The Bertz CT molecular complexity index is 747. The minimum Gasteiger partial charge on any atom is -0.357 e. The average molecular weight is 398 g/mol. The van der Waals surface area contributed by atoms with Gasteiger partial charge in [0.15, 0.2) is 9.84 Å². The summed E-state index contributed by atoms with van der Waals surface area (Å²) in [6.07, 6.45) is 2.11. The van der Waals surface area contributed by atoms with E-state index in [1.54, 1.807) is 12.3 Å². The molecule has 10 heteroatoms. The minimum atomic E-state index is -3.03. The molecule has 0 saturated carbocycles. The van der Waals surface area contributed by atoms with Crippen molar-refractivity contribution in [1.82, 2.24) is 15.6 Å². The van der Waals surface area contributed by atoms with Gasteiger partial charge in [0.2, 0.25) is 5.91 Å². The van der Waals surface area contributed by atoms with Gasteiger partial charge in [-0.05, 0) is 32.4 Å². The van der Waals surface area contributed by atoms with Crippen molar-refractivity contribution in [2.45, 2.75) is 32.7 Å². The topological polar surface area (TPSA) is 120 Å². The first-order valence-electron chi connectivity index (χ1n) is 9.08. The molecule has 0 aliphatic carbocycles. The molecule has 27 heavy (non-hydrogen) atoms. The van der Waals surface area contributed by atoms with Crippen molar-refractivity contribution < 1.29 is 18.0 Å². The lowest BCUT2D eigenvalue weighted by Gasteiger charge is -2.19. The van der Waals surface area contributed by atoms with E-state index in [9.17, 15) is 18.0 Å². The van der Waals surface area contributed by atoms with Crippen molar-refractivity contribution >= 4 is 33.3 Å². The zero-order chi connectivity index (χ0) is 19.9. The minimum absolute atomic E-state index is 0.0108. The first-order valence-corrected chi connectivity index (χ1v) is 10.9. The van der Waals surface area contributed by atoms with Crippen LogP contribution in [0.1, 0.15) is 26.7 Å². The van der Waals surface area contributed by atoms with Gasteiger partial charge in [0.05, 0.1) is 23.4 Å². The normalized spacial score (nSPS) is 17.9. The number of aromatic nitrogens is 1. The van der Waals surface area contributed by atoms with Gasteiger partial charge < -0.3 is 20.9 Å². The first-order chi connectivity index (χ1) is 12.8. The smallest absolute Gasteiger partial charge is 0.319 e. The fourth-order valence-electron chi connectivity index (χ4n) is 2.87. The molecule has 0 aromatic carbocycles. The molecule has 1 atom stereocenters. The number of hydrogen-bond acceptors (Lipinski definition) is 6. The summed E-state index contributed by atoms with van der Waals surface area (Å²) < 4.78 is 22.7. The first kappa shape index (κ1) is 20.9. The second kappa shape index (κ2) is 9.54. The van der Waals surface area contributed by atoms with E-state index in [0.717, 1.165) is 18.9 Å². The highest BCUT2D eigenvalue weighted by molar-refractivity contribution is 7.91. The Labute approximate surface area is 159 Å². The van der Waals surface area contributed by atoms with Gasteiger partial charge in [-0.2, -0.15) is 0 Å². The number of urea groups is 1. The van der Waals surface area contributed by atoms with Crippen LogP contribution < -0.4 is 20.9 Å². The molecule has 150 valence electrons. The Morgan fingerprint density at radius 2 is 2.00 bits per heavy atom. The fourth-order valence-corrected chi connectivity index (χ4v) is 4.54. The maximum Gasteiger partial charge on any atom is 0.319 e. The molecular weight excluding hydrogens is 370 g/mol. The van der Waals surface area contributed by atoms with Crippen LogP contribution in [-0.4, -0.2) is 62.5 Å². The maximum atomic E-state index is 11.9. The number of anilines is 2. The molecule has 3 N–H and O–H groups in total. The summed E-state index contributed by atoms with van der Waals surface area (Å²) in [6.45, 7) is 5.96. The lowest BCUT2D eigenvalue weighted by molar-refractivity contribution is -0.121. The largest absolute Gasteiger partial charge is 0.357 e. The summed E-state index contributed by atoms with van der Waals surface area (Å²) in [5.74, 6) is 0.669. The molecule has 1 unspecified atom stereocenters. The standard InChI is InChI=1S/C17H27N5O4S/c1-3-22(4-2)15-6-5-13(11-19-15)21-17(24)18-9-7-16(23)20-14-8-10-27(25,26)12-14/h5-6,11,14H,3-4,7-10,12H2,1-2H3,(H,20,23)(H2,18,21,24). The third-order valence-corrected chi connectivity index (χ3v) is 6.10. The zero-order valence-corrected chi connectivity index (χ0v) is 16.5. The predicted octanol–water partition coefficient (Wildman–Crippen LogP) is 0.743. The van der Waals surface area contributed by atoms with Crippen LogP contribution in [0.2, 0.25) is 0 Å². The highest BCUT2D eigenvalue weighted by Gasteiger charge is 2.28. The Morgan fingerprint density at radius 3 is 2.56 bits per heavy atom. The summed E-state index contributed by atoms with van der Waals surface area (Å²) in [6, 6.07) is 2.86. The van der Waals surface area contributed by atoms with Crippen molar-refractivity contribution in [1.29, 1.82) is 0 Å². The average Bonchev–Trinajstić information content (AvgIpc) is 2.95. The van der Waals surface area contributed by atoms with Gasteiger partial charge in [-0.1, -0.05) is 0 Å². The molecule has 2 rings (SSSR count). The molecule has 0 spiro atoms. The highest BCUT2D eigenvalue weighted by atomic mass is 32.2. The van der Waals surface area contributed by atoms with Gasteiger partial charge in [-0.15, -0.1) is 0 Å². The highest BCUT2D eigenvalue weighted by Crippen LogP contribution is 2.14. The number of carbonyl (C=O) groups excluding carboxylic acids is 2. The van der Waals surface area contributed by atoms with Gasteiger partial charge >= 0.3 is 6.03 Å². The van der Waals surface area contributed by atoms with Crippen LogP contribution in [0.4, 0.5) is 16.3 Å². The van der Waals surface area contributed by atoms with E-state index in [1.807, 2.05) is 19.9 Å². The Morgan fingerprint density at radius 1 is 1.26 bits per heavy atom. The molecule has 2 heterocycles. The summed E-state index contributed by atoms with van der Waals surface area (Å²) in [5, 5.41) is 7.94. The van der Waals surface area contributed by atoms with Crippen LogP contribution in [0.15, 0.2) is 18.3 Å². The summed E-state index contributed by atoms with van der Waals surface area (Å²) in [7, 11) is -3.03. The quantitative estimate of drug-likeness (QED) is 0.595. The molecule has 1 aromatic heterocycles.